The lowest BCUT2D eigenvalue weighted by Crippen LogP contribution is -2.40. The maximum atomic E-state index is 13.1. The number of aryl methyl sites for hydroxylation is 2. The predicted octanol–water partition coefficient (Wildman–Crippen LogP) is 3.72. The Morgan fingerprint density at radius 1 is 1.09 bits per heavy atom. The number of hydrogen-bond acceptors (Lipinski definition) is 5. The summed E-state index contributed by atoms with van der Waals surface area (Å²) in [7, 11) is -3.54. The first-order valence-corrected chi connectivity index (χ1v) is 13.3. The molecule has 0 saturated carbocycles. The Bertz CT molecular complexity index is 1250. The van der Waals surface area contributed by atoms with E-state index in [1.165, 1.54) is 21.9 Å². The quantitative estimate of drug-likeness (QED) is 0.552. The number of sulfonamides is 1. The van der Waals surface area contributed by atoms with E-state index in [9.17, 15) is 8.42 Å². The minimum atomic E-state index is -3.54. The van der Waals surface area contributed by atoms with Crippen molar-refractivity contribution >= 4 is 21.1 Å². The zero-order valence-electron chi connectivity index (χ0n) is 19.4. The highest BCUT2D eigenvalue weighted by Gasteiger charge is 2.30. The smallest absolute Gasteiger partial charge is 0.243 e. The van der Waals surface area contributed by atoms with Gasteiger partial charge < -0.3 is 9.30 Å². The van der Waals surface area contributed by atoms with Gasteiger partial charge in [0.15, 0.2) is 0 Å². The van der Waals surface area contributed by atoms with Gasteiger partial charge in [-0.15, -0.1) is 0 Å². The van der Waals surface area contributed by atoms with Gasteiger partial charge in [0, 0.05) is 25.7 Å². The first-order valence-electron chi connectivity index (χ1n) is 11.9. The molecule has 2 saturated heterocycles. The van der Waals surface area contributed by atoms with Crippen LogP contribution in [0.5, 0.6) is 0 Å². The number of hydrogen-bond donors (Lipinski definition) is 0. The summed E-state index contributed by atoms with van der Waals surface area (Å²) in [5, 5.41) is 0. The fourth-order valence-electron chi connectivity index (χ4n) is 5.24. The number of ether oxygens (including phenoxy) is 1. The molecule has 176 valence electrons. The van der Waals surface area contributed by atoms with Gasteiger partial charge in [-0.05, 0) is 62.6 Å². The molecular weight excluding hydrogens is 436 g/mol. The van der Waals surface area contributed by atoms with Crippen LogP contribution in [-0.4, -0.2) is 60.0 Å². The SMILES string of the molecule is CCn1c(CN2CCCC2c2ccccc2C)nc2cc(S(=O)(=O)N3CCOCC3)ccc21. The number of likely N-dealkylation sites (tertiary alicyclic amines) is 1. The summed E-state index contributed by atoms with van der Waals surface area (Å²) in [5.74, 6) is 0.994. The molecule has 2 fully saturated rings. The molecule has 0 radical (unpaired) electrons. The summed E-state index contributed by atoms with van der Waals surface area (Å²) in [6.45, 7) is 8.56. The number of imidazole rings is 1. The van der Waals surface area contributed by atoms with Gasteiger partial charge in [0.05, 0.1) is 35.7 Å². The Hall–Kier alpha value is -2.26. The zero-order valence-corrected chi connectivity index (χ0v) is 20.2. The van der Waals surface area contributed by atoms with E-state index < -0.39 is 10.0 Å². The molecule has 0 amide bonds. The highest BCUT2D eigenvalue weighted by atomic mass is 32.2. The third-order valence-corrected chi connectivity index (χ3v) is 8.87. The molecule has 3 heterocycles. The fraction of sp³-hybridized carbons (Fsp3) is 0.480. The number of benzene rings is 2. The maximum Gasteiger partial charge on any atom is 0.243 e. The zero-order chi connectivity index (χ0) is 23.0. The van der Waals surface area contributed by atoms with Crippen molar-refractivity contribution in [3.05, 3.63) is 59.4 Å². The van der Waals surface area contributed by atoms with Gasteiger partial charge >= 0.3 is 0 Å². The number of aromatic nitrogens is 2. The number of nitrogens with zero attached hydrogens (tertiary/aromatic N) is 4. The lowest BCUT2D eigenvalue weighted by atomic mass is 9.99. The Morgan fingerprint density at radius 3 is 2.64 bits per heavy atom. The van der Waals surface area contributed by atoms with Gasteiger partial charge in [0.25, 0.3) is 0 Å². The van der Waals surface area contributed by atoms with E-state index >= 15 is 0 Å². The largest absolute Gasteiger partial charge is 0.379 e. The molecule has 1 atom stereocenters. The van der Waals surface area contributed by atoms with Crippen LogP contribution in [0, 0.1) is 6.92 Å². The Labute approximate surface area is 196 Å². The highest BCUT2D eigenvalue weighted by Crippen LogP contribution is 2.35. The van der Waals surface area contributed by atoms with Gasteiger partial charge in [-0.3, -0.25) is 4.90 Å². The third kappa shape index (κ3) is 4.21. The number of fused-ring (bicyclic) bond motifs is 1. The summed E-state index contributed by atoms with van der Waals surface area (Å²) in [6.07, 6.45) is 2.33. The fourth-order valence-corrected chi connectivity index (χ4v) is 6.67. The van der Waals surface area contributed by atoms with Crippen LogP contribution in [0.1, 0.15) is 42.8 Å². The lowest BCUT2D eigenvalue weighted by molar-refractivity contribution is 0.0730. The molecular formula is C25H32N4O3S. The lowest BCUT2D eigenvalue weighted by Gasteiger charge is -2.26. The first-order chi connectivity index (χ1) is 16.0. The van der Waals surface area contributed by atoms with Gasteiger partial charge in [0.2, 0.25) is 10.0 Å². The summed E-state index contributed by atoms with van der Waals surface area (Å²) < 4.78 is 35.3. The standard InChI is InChI=1S/C25H32N4O3S/c1-3-29-24-11-10-20(33(30,31)28-13-15-32-16-14-28)17-22(24)26-25(29)18-27-12-6-9-23(27)21-8-5-4-7-19(21)2/h4-5,7-8,10-11,17,23H,3,6,9,12-16,18H2,1-2H3. The van der Waals surface area contributed by atoms with Crippen LogP contribution in [-0.2, 0) is 27.8 Å². The van der Waals surface area contributed by atoms with Crippen LogP contribution in [0.3, 0.4) is 0 Å². The molecule has 0 bridgehead atoms. The molecule has 0 N–H and O–H groups in total. The molecule has 8 heteroatoms. The normalized spacial score (nSPS) is 20.6. The molecule has 33 heavy (non-hydrogen) atoms. The van der Waals surface area contributed by atoms with E-state index in [2.05, 4.69) is 47.6 Å². The molecule has 5 rings (SSSR count). The van der Waals surface area contributed by atoms with Crippen molar-refractivity contribution in [2.75, 3.05) is 32.8 Å². The second-order valence-electron chi connectivity index (χ2n) is 8.92. The van der Waals surface area contributed by atoms with Crippen LogP contribution in [0.15, 0.2) is 47.4 Å². The van der Waals surface area contributed by atoms with Crippen LogP contribution in [0.2, 0.25) is 0 Å². The van der Waals surface area contributed by atoms with Crippen molar-refractivity contribution in [2.45, 2.75) is 50.7 Å². The van der Waals surface area contributed by atoms with Crippen molar-refractivity contribution in [2.24, 2.45) is 0 Å². The van der Waals surface area contributed by atoms with Gasteiger partial charge in [-0.25, -0.2) is 13.4 Å². The molecule has 7 nitrogen and oxygen atoms in total. The second-order valence-corrected chi connectivity index (χ2v) is 10.9. The Kier molecular flexibility index (Phi) is 6.26. The number of rotatable bonds is 6. The average Bonchev–Trinajstić information content (AvgIpc) is 3.43. The maximum absolute atomic E-state index is 13.1. The van der Waals surface area contributed by atoms with Crippen molar-refractivity contribution in [1.82, 2.24) is 18.8 Å². The summed E-state index contributed by atoms with van der Waals surface area (Å²) >= 11 is 0. The van der Waals surface area contributed by atoms with Gasteiger partial charge in [-0.2, -0.15) is 4.31 Å². The molecule has 0 spiro atoms. The van der Waals surface area contributed by atoms with E-state index in [0.29, 0.717) is 37.2 Å². The monoisotopic (exact) mass is 468 g/mol. The Balaban J connectivity index is 1.46. The van der Waals surface area contributed by atoms with E-state index in [1.54, 1.807) is 12.1 Å². The van der Waals surface area contributed by atoms with Crippen molar-refractivity contribution in [3.63, 3.8) is 0 Å². The van der Waals surface area contributed by atoms with E-state index in [0.717, 1.165) is 42.9 Å². The molecule has 2 aromatic carbocycles. The third-order valence-electron chi connectivity index (χ3n) is 6.98. The predicted molar refractivity (Wildman–Crippen MR) is 129 cm³/mol. The minimum Gasteiger partial charge on any atom is -0.379 e. The van der Waals surface area contributed by atoms with Gasteiger partial charge in [-0.1, -0.05) is 24.3 Å². The highest BCUT2D eigenvalue weighted by molar-refractivity contribution is 7.89. The molecule has 2 aliphatic rings. The van der Waals surface area contributed by atoms with E-state index in [1.807, 2.05) is 6.07 Å². The van der Waals surface area contributed by atoms with E-state index in [-0.39, 0.29) is 0 Å². The molecule has 2 aliphatic heterocycles. The molecule has 0 aliphatic carbocycles. The minimum absolute atomic E-state index is 0.308. The van der Waals surface area contributed by atoms with Crippen LogP contribution >= 0.6 is 0 Å². The number of morpholine rings is 1. The van der Waals surface area contributed by atoms with Crippen LogP contribution < -0.4 is 0 Å². The van der Waals surface area contributed by atoms with Crippen molar-refractivity contribution in [1.29, 1.82) is 0 Å². The first kappa shape index (κ1) is 22.5. The molecule has 1 unspecified atom stereocenters. The molecule has 3 aromatic rings. The van der Waals surface area contributed by atoms with Crippen molar-refractivity contribution < 1.29 is 13.2 Å². The summed E-state index contributed by atoms with van der Waals surface area (Å²) in [5.41, 5.74) is 4.46. The van der Waals surface area contributed by atoms with Gasteiger partial charge in [0.1, 0.15) is 5.82 Å². The van der Waals surface area contributed by atoms with Crippen LogP contribution in [0.4, 0.5) is 0 Å². The second kappa shape index (κ2) is 9.18. The van der Waals surface area contributed by atoms with E-state index in [4.69, 9.17) is 9.72 Å². The van der Waals surface area contributed by atoms with Crippen LogP contribution in [0.25, 0.3) is 11.0 Å². The van der Waals surface area contributed by atoms with Crippen molar-refractivity contribution in [3.8, 4) is 0 Å². The summed E-state index contributed by atoms with van der Waals surface area (Å²) in [4.78, 5) is 7.75. The molecule has 1 aromatic heterocycles. The Morgan fingerprint density at radius 2 is 1.88 bits per heavy atom. The topological polar surface area (TPSA) is 67.7 Å². The summed E-state index contributed by atoms with van der Waals surface area (Å²) in [6, 6.07) is 14.4. The average molecular weight is 469 g/mol.